The topological polar surface area (TPSA) is 49.3 Å². The Bertz CT molecular complexity index is 595. The van der Waals surface area contributed by atoms with Crippen LogP contribution in [0.1, 0.15) is 25.0 Å². The molecule has 0 amide bonds. The third-order valence-electron chi connectivity index (χ3n) is 4.64. The zero-order valence-corrected chi connectivity index (χ0v) is 19.0. The molecule has 1 aromatic carbocycles. The van der Waals surface area contributed by atoms with Gasteiger partial charge >= 0.3 is 0 Å². The molecule has 1 aromatic rings. The zero-order chi connectivity index (χ0) is 18.2. The second-order valence-electron chi connectivity index (χ2n) is 6.28. The fourth-order valence-electron chi connectivity index (χ4n) is 2.97. The third-order valence-corrected chi connectivity index (χ3v) is 4.64. The van der Waals surface area contributed by atoms with E-state index >= 15 is 0 Å². The average Bonchev–Trinajstić information content (AvgIpc) is 2.65. The van der Waals surface area contributed by atoms with Crippen LogP contribution in [0, 0.1) is 0 Å². The van der Waals surface area contributed by atoms with Gasteiger partial charge in [0.2, 0.25) is 0 Å². The highest BCUT2D eigenvalue weighted by Crippen LogP contribution is 2.33. The number of nitrogens with zero attached hydrogens (tertiary/aromatic N) is 3. The van der Waals surface area contributed by atoms with Crippen LogP contribution in [0.25, 0.3) is 0 Å². The largest absolute Gasteiger partial charge is 0.493 e. The lowest BCUT2D eigenvalue weighted by Gasteiger charge is -2.32. The normalized spacial score (nSPS) is 13.9. The standard InChI is InChI=1S/C19H32N4O2.HI/c1-6-20-19(21-9-11-22(3)7-2)23-10-8-15-12-17(24-4)18(25-5)13-16(15)14-23;/h12-13H,6-11,14H2,1-5H3,(H,20,21);1H. The molecular weight excluding hydrogens is 443 g/mol. The molecule has 0 aromatic heterocycles. The summed E-state index contributed by atoms with van der Waals surface area (Å²) in [7, 11) is 5.49. The Balaban J connectivity index is 0.00000338. The zero-order valence-electron chi connectivity index (χ0n) is 16.7. The lowest BCUT2D eigenvalue weighted by molar-refractivity contribution is 0.344. The number of halogens is 1. The molecule has 0 saturated carbocycles. The molecule has 0 radical (unpaired) electrons. The van der Waals surface area contributed by atoms with Crippen molar-refractivity contribution >= 4 is 29.9 Å². The molecule has 1 aliphatic rings. The van der Waals surface area contributed by atoms with Gasteiger partial charge < -0.3 is 24.6 Å². The Hall–Kier alpha value is -1.22. The number of benzene rings is 1. The van der Waals surface area contributed by atoms with Crippen molar-refractivity contribution in [2.24, 2.45) is 4.99 Å². The average molecular weight is 476 g/mol. The summed E-state index contributed by atoms with van der Waals surface area (Å²) in [6.07, 6.45) is 0.981. The number of nitrogens with one attached hydrogen (secondary N) is 1. The maximum absolute atomic E-state index is 5.45. The van der Waals surface area contributed by atoms with Crippen LogP contribution in [0.15, 0.2) is 17.1 Å². The summed E-state index contributed by atoms with van der Waals surface area (Å²) in [6.45, 7) is 9.77. The summed E-state index contributed by atoms with van der Waals surface area (Å²) < 4.78 is 10.9. The van der Waals surface area contributed by atoms with Crippen LogP contribution >= 0.6 is 24.0 Å². The van der Waals surface area contributed by atoms with Crippen LogP contribution in [0.3, 0.4) is 0 Å². The Morgan fingerprint density at radius 3 is 2.42 bits per heavy atom. The Kier molecular flexibility index (Phi) is 10.1. The van der Waals surface area contributed by atoms with Crippen molar-refractivity contribution in [2.45, 2.75) is 26.8 Å². The molecule has 0 spiro atoms. The Labute approximate surface area is 175 Å². The molecule has 1 N–H and O–H groups in total. The molecule has 1 heterocycles. The predicted molar refractivity (Wildman–Crippen MR) is 118 cm³/mol. The molecule has 0 unspecified atom stereocenters. The fraction of sp³-hybridized carbons (Fsp3) is 0.632. The second kappa shape index (κ2) is 11.5. The van der Waals surface area contributed by atoms with Gasteiger partial charge in [0.25, 0.3) is 0 Å². The van der Waals surface area contributed by atoms with Gasteiger partial charge in [0.1, 0.15) is 0 Å². The lowest BCUT2D eigenvalue weighted by atomic mass is 9.99. The molecule has 1 aliphatic heterocycles. The molecule has 2 rings (SSSR count). The van der Waals surface area contributed by atoms with Crippen LogP contribution in [0.4, 0.5) is 0 Å². The lowest BCUT2D eigenvalue weighted by Crippen LogP contribution is -2.44. The molecule has 0 aliphatic carbocycles. The molecule has 0 bridgehead atoms. The SMILES string of the molecule is CCNC(=NCCN(C)CC)N1CCc2cc(OC)c(OC)cc2C1.I. The maximum Gasteiger partial charge on any atom is 0.194 e. The number of methoxy groups -OCH3 is 2. The summed E-state index contributed by atoms with van der Waals surface area (Å²) in [5, 5.41) is 3.43. The van der Waals surface area contributed by atoms with Gasteiger partial charge in [-0.1, -0.05) is 6.92 Å². The van der Waals surface area contributed by atoms with Crippen molar-refractivity contribution in [3.63, 3.8) is 0 Å². The van der Waals surface area contributed by atoms with Crippen molar-refractivity contribution < 1.29 is 9.47 Å². The first kappa shape index (κ1) is 22.8. The first-order valence-corrected chi connectivity index (χ1v) is 9.08. The number of rotatable bonds is 7. The van der Waals surface area contributed by atoms with Gasteiger partial charge in [-0.3, -0.25) is 4.99 Å². The number of fused-ring (bicyclic) bond motifs is 1. The minimum atomic E-state index is 0. The highest BCUT2D eigenvalue weighted by molar-refractivity contribution is 14.0. The first-order valence-electron chi connectivity index (χ1n) is 9.08. The van der Waals surface area contributed by atoms with E-state index in [1.54, 1.807) is 14.2 Å². The summed E-state index contributed by atoms with van der Waals surface area (Å²) in [5.41, 5.74) is 2.61. The summed E-state index contributed by atoms with van der Waals surface area (Å²) in [6, 6.07) is 4.19. The summed E-state index contributed by atoms with van der Waals surface area (Å²) in [5.74, 6) is 2.58. The molecular formula is C19H33IN4O2. The second-order valence-corrected chi connectivity index (χ2v) is 6.28. The molecule has 7 heteroatoms. The van der Waals surface area contributed by atoms with E-state index in [1.807, 2.05) is 0 Å². The molecule has 0 fully saturated rings. The number of hydrogen-bond acceptors (Lipinski definition) is 4. The minimum Gasteiger partial charge on any atom is -0.493 e. The summed E-state index contributed by atoms with van der Waals surface area (Å²) >= 11 is 0. The number of aliphatic imine (C=N–C) groups is 1. The van der Waals surface area contributed by atoms with Crippen molar-refractivity contribution in [3.05, 3.63) is 23.3 Å². The van der Waals surface area contributed by atoms with E-state index in [1.165, 1.54) is 11.1 Å². The van der Waals surface area contributed by atoms with Crippen LogP contribution < -0.4 is 14.8 Å². The van der Waals surface area contributed by atoms with Crippen molar-refractivity contribution in [1.29, 1.82) is 0 Å². The van der Waals surface area contributed by atoms with Gasteiger partial charge in [0.15, 0.2) is 17.5 Å². The molecule has 6 nitrogen and oxygen atoms in total. The third kappa shape index (κ3) is 5.90. The van der Waals surface area contributed by atoms with E-state index < -0.39 is 0 Å². The molecule has 148 valence electrons. The van der Waals surface area contributed by atoms with Gasteiger partial charge in [-0.05, 0) is 50.2 Å². The quantitative estimate of drug-likeness (QED) is 0.373. The van der Waals surface area contributed by atoms with Crippen LogP contribution in [-0.2, 0) is 13.0 Å². The van der Waals surface area contributed by atoms with Crippen LogP contribution in [-0.4, -0.2) is 69.8 Å². The van der Waals surface area contributed by atoms with Gasteiger partial charge in [-0.15, -0.1) is 24.0 Å². The molecule has 0 atom stereocenters. The van der Waals surface area contributed by atoms with Crippen LogP contribution in [0.2, 0.25) is 0 Å². The highest BCUT2D eigenvalue weighted by Gasteiger charge is 2.21. The van der Waals surface area contributed by atoms with E-state index in [2.05, 4.69) is 48.1 Å². The number of likely N-dealkylation sites (N-methyl/N-ethyl adjacent to an activating group) is 1. The summed E-state index contributed by atoms with van der Waals surface area (Å²) in [4.78, 5) is 9.40. The van der Waals surface area contributed by atoms with Gasteiger partial charge in [-0.2, -0.15) is 0 Å². The van der Waals surface area contributed by atoms with Crippen molar-refractivity contribution in [1.82, 2.24) is 15.1 Å². The number of hydrogen-bond donors (Lipinski definition) is 1. The number of guanidine groups is 1. The van der Waals surface area contributed by atoms with E-state index in [0.29, 0.717) is 0 Å². The van der Waals surface area contributed by atoms with E-state index in [9.17, 15) is 0 Å². The molecule has 26 heavy (non-hydrogen) atoms. The van der Waals surface area contributed by atoms with Crippen molar-refractivity contribution in [3.8, 4) is 11.5 Å². The highest BCUT2D eigenvalue weighted by atomic mass is 127. The first-order chi connectivity index (χ1) is 12.1. The monoisotopic (exact) mass is 476 g/mol. The van der Waals surface area contributed by atoms with E-state index in [-0.39, 0.29) is 24.0 Å². The minimum absolute atomic E-state index is 0. The van der Waals surface area contributed by atoms with Gasteiger partial charge in [-0.25, -0.2) is 0 Å². The fourth-order valence-corrected chi connectivity index (χ4v) is 2.97. The predicted octanol–water partition coefficient (Wildman–Crippen LogP) is 2.60. The Morgan fingerprint density at radius 2 is 1.85 bits per heavy atom. The van der Waals surface area contributed by atoms with E-state index in [4.69, 9.17) is 14.5 Å². The van der Waals surface area contributed by atoms with Crippen molar-refractivity contribution in [2.75, 3.05) is 54.0 Å². The van der Waals surface area contributed by atoms with Crippen LogP contribution in [0.5, 0.6) is 11.5 Å². The Morgan fingerprint density at radius 1 is 1.19 bits per heavy atom. The smallest absolute Gasteiger partial charge is 0.194 e. The van der Waals surface area contributed by atoms with Gasteiger partial charge in [0, 0.05) is 26.2 Å². The number of ether oxygens (including phenoxy) is 2. The van der Waals surface area contributed by atoms with Gasteiger partial charge in [0.05, 0.1) is 20.8 Å². The molecule has 0 saturated heterocycles. The van der Waals surface area contributed by atoms with E-state index in [0.717, 1.165) is 63.1 Å². The maximum atomic E-state index is 5.45.